The molecule has 0 radical (unpaired) electrons. The molecule has 1 aromatic carbocycles. The van der Waals surface area contributed by atoms with Crippen LogP contribution in [0.15, 0.2) is 68.0 Å². The summed E-state index contributed by atoms with van der Waals surface area (Å²) >= 11 is 3.40. The van der Waals surface area contributed by atoms with Crippen molar-refractivity contribution in [2.45, 2.75) is 38.6 Å². The van der Waals surface area contributed by atoms with Gasteiger partial charge in [0.1, 0.15) is 6.54 Å². The molecule has 1 amide bonds. The minimum absolute atomic E-state index is 0.0561. The van der Waals surface area contributed by atoms with Crippen molar-refractivity contribution in [2.75, 3.05) is 6.54 Å². The van der Waals surface area contributed by atoms with Gasteiger partial charge in [-0.05, 0) is 62.4 Å². The van der Waals surface area contributed by atoms with Crippen molar-refractivity contribution in [3.05, 3.63) is 69.1 Å². The zero-order valence-corrected chi connectivity index (χ0v) is 18.6. The number of aromatic nitrogens is 3. The zero-order chi connectivity index (χ0) is 21.6. The molecule has 1 N–H and O–H groups in total. The maximum atomic E-state index is 12.3. The Hall–Kier alpha value is -3.00. The Morgan fingerprint density at radius 1 is 1.13 bits per heavy atom. The third-order valence-corrected chi connectivity index (χ3v) is 5.75. The van der Waals surface area contributed by atoms with Crippen LogP contribution in [0.3, 0.4) is 0 Å². The molecule has 4 rings (SSSR count). The van der Waals surface area contributed by atoms with Crippen LogP contribution in [-0.4, -0.2) is 27.2 Å². The smallest absolute Gasteiger partial charge is 0.259 e. The summed E-state index contributed by atoms with van der Waals surface area (Å²) in [5.74, 6) is 0.545. The van der Waals surface area contributed by atoms with Crippen LogP contribution in [0.2, 0.25) is 0 Å². The minimum Gasteiger partial charge on any atom is -0.354 e. The van der Waals surface area contributed by atoms with Crippen LogP contribution in [0.5, 0.6) is 0 Å². The van der Waals surface area contributed by atoms with E-state index in [0.29, 0.717) is 17.9 Å². The van der Waals surface area contributed by atoms with Gasteiger partial charge in [-0.1, -0.05) is 32.7 Å². The molecule has 0 unspecified atom stereocenters. The van der Waals surface area contributed by atoms with Crippen molar-refractivity contribution in [1.82, 2.24) is 20.0 Å². The van der Waals surface area contributed by atoms with Gasteiger partial charge < -0.3 is 14.4 Å². The summed E-state index contributed by atoms with van der Waals surface area (Å²) < 4.78 is 7.69. The Bertz CT molecular complexity index is 1150. The van der Waals surface area contributed by atoms with E-state index in [4.69, 9.17) is 4.52 Å². The van der Waals surface area contributed by atoms with Gasteiger partial charge in [0.2, 0.25) is 11.7 Å². The molecule has 0 atom stereocenters. The van der Waals surface area contributed by atoms with Crippen LogP contribution < -0.4 is 10.9 Å². The molecule has 0 spiro atoms. The summed E-state index contributed by atoms with van der Waals surface area (Å²) in [6, 6.07) is 10.6. The highest BCUT2D eigenvalue weighted by Gasteiger charge is 2.13. The lowest BCUT2D eigenvalue weighted by molar-refractivity contribution is -0.121. The first kappa shape index (κ1) is 21.2. The Labute approximate surface area is 188 Å². The average Bonchev–Trinajstić information content (AvgIpc) is 3.27. The maximum Gasteiger partial charge on any atom is 0.259 e. The molecule has 31 heavy (non-hydrogen) atoms. The highest BCUT2D eigenvalue weighted by molar-refractivity contribution is 9.10. The van der Waals surface area contributed by atoms with E-state index in [-0.39, 0.29) is 23.9 Å². The number of halogens is 1. The number of nitrogens with zero attached hydrogens (tertiary/aromatic N) is 3. The van der Waals surface area contributed by atoms with Crippen LogP contribution in [0.4, 0.5) is 0 Å². The highest BCUT2D eigenvalue weighted by Crippen LogP contribution is 2.23. The minimum atomic E-state index is -0.262. The van der Waals surface area contributed by atoms with E-state index in [0.717, 1.165) is 29.3 Å². The number of rotatable bonds is 7. The summed E-state index contributed by atoms with van der Waals surface area (Å²) in [7, 11) is 0. The number of carbonyl (C=O) groups excluding carboxylic acids is 1. The molecule has 3 aromatic rings. The SMILES string of the molecule is O=C(Cn1cc(-c2nc(-c3ccc(Br)cc3)no2)ccc1=O)NCCC1=CCCCC1. The fraction of sp³-hybridized carbons (Fsp3) is 0.304. The van der Waals surface area contributed by atoms with Crippen molar-refractivity contribution in [3.63, 3.8) is 0 Å². The first-order valence-electron chi connectivity index (χ1n) is 10.3. The lowest BCUT2D eigenvalue weighted by atomic mass is 9.97. The van der Waals surface area contributed by atoms with E-state index in [1.807, 2.05) is 24.3 Å². The molecule has 0 fully saturated rings. The lowest BCUT2D eigenvalue weighted by Gasteiger charge is -2.13. The normalized spacial score (nSPS) is 13.6. The average molecular weight is 483 g/mol. The zero-order valence-electron chi connectivity index (χ0n) is 17.0. The Balaban J connectivity index is 1.41. The summed E-state index contributed by atoms with van der Waals surface area (Å²) in [5, 5.41) is 6.92. The first-order valence-corrected chi connectivity index (χ1v) is 11.1. The van der Waals surface area contributed by atoms with Crippen molar-refractivity contribution >= 4 is 21.8 Å². The number of amides is 1. The highest BCUT2D eigenvalue weighted by atomic mass is 79.9. The van der Waals surface area contributed by atoms with E-state index in [1.165, 1.54) is 29.0 Å². The third-order valence-electron chi connectivity index (χ3n) is 5.23. The van der Waals surface area contributed by atoms with Crippen LogP contribution >= 0.6 is 15.9 Å². The van der Waals surface area contributed by atoms with Crippen molar-refractivity contribution in [2.24, 2.45) is 0 Å². The number of hydrogen-bond donors (Lipinski definition) is 1. The van der Waals surface area contributed by atoms with E-state index in [2.05, 4.69) is 37.5 Å². The third kappa shape index (κ3) is 5.58. The largest absolute Gasteiger partial charge is 0.354 e. The second kappa shape index (κ2) is 9.87. The molecule has 0 bridgehead atoms. The van der Waals surface area contributed by atoms with Crippen molar-refractivity contribution in [1.29, 1.82) is 0 Å². The van der Waals surface area contributed by atoms with Crippen LogP contribution in [-0.2, 0) is 11.3 Å². The molecule has 0 aliphatic heterocycles. The standard InChI is InChI=1S/C23H23BrN4O3/c24-19-9-6-17(7-10-19)22-26-23(31-27-22)18-8-11-21(30)28(14-18)15-20(29)25-13-12-16-4-2-1-3-5-16/h4,6-11,14H,1-3,5,12-13,15H2,(H,25,29). The quantitative estimate of drug-likeness (QED) is 0.506. The van der Waals surface area contributed by atoms with E-state index in [1.54, 1.807) is 12.3 Å². The summed E-state index contributed by atoms with van der Waals surface area (Å²) in [5.41, 5.74) is 2.54. The molecular weight excluding hydrogens is 460 g/mol. The van der Waals surface area contributed by atoms with Gasteiger partial charge in [-0.3, -0.25) is 9.59 Å². The molecule has 7 nitrogen and oxygen atoms in total. The molecule has 0 saturated heterocycles. The number of carbonyl (C=O) groups is 1. The second-order valence-electron chi connectivity index (χ2n) is 7.52. The van der Waals surface area contributed by atoms with E-state index < -0.39 is 0 Å². The monoisotopic (exact) mass is 482 g/mol. The molecule has 1 aliphatic carbocycles. The molecular formula is C23H23BrN4O3. The number of nitrogens with one attached hydrogen (secondary N) is 1. The van der Waals surface area contributed by atoms with Crippen LogP contribution in [0.1, 0.15) is 32.1 Å². The Morgan fingerprint density at radius 3 is 2.71 bits per heavy atom. The first-order chi connectivity index (χ1) is 15.1. The van der Waals surface area contributed by atoms with Gasteiger partial charge in [-0.15, -0.1) is 0 Å². The molecule has 2 heterocycles. The topological polar surface area (TPSA) is 90.0 Å². The Kier molecular flexibility index (Phi) is 6.76. The number of hydrogen-bond acceptors (Lipinski definition) is 5. The van der Waals surface area contributed by atoms with E-state index in [9.17, 15) is 9.59 Å². The lowest BCUT2D eigenvalue weighted by Crippen LogP contribution is -2.32. The van der Waals surface area contributed by atoms with Gasteiger partial charge in [-0.2, -0.15) is 4.98 Å². The van der Waals surface area contributed by atoms with Gasteiger partial charge >= 0.3 is 0 Å². The Morgan fingerprint density at radius 2 is 1.94 bits per heavy atom. The van der Waals surface area contributed by atoms with Crippen LogP contribution in [0, 0.1) is 0 Å². The van der Waals surface area contributed by atoms with Gasteiger partial charge in [0.05, 0.1) is 5.56 Å². The molecule has 160 valence electrons. The summed E-state index contributed by atoms with van der Waals surface area (Å²) in [6.07, 6.45) is 9.43. The van der Waals surface area contributed by atoms with Gasteiger partial charge in [0.15, 0.2) is 0 Å². The van der Waals surface area contributed by atoms with Crippen molar-refractivity contribution < 1.29 is 9.32 Å². The molecule has 0 saturated carbocycles. The molecule has 2 aromatic heterocycles. The fourth-order valence-corrected chi connectivity index (χ4v) is 3.81. The van der Waals surface area contributed by atoms with Crippen molar-refractivity contribution in [3.8, 4) is 22.8 Å². The predicted molar refractivity (Wildman–Crippen MR) is 121 cm³/mol. The number of benzene rings is 1. The fourth-order valence-electron chi connectivity index (χ4n) is 3.54. The molecule has 1 aliphatic rings. The summed E-state index contributed by atoms with van der Waals surface area (Å²) in [6.45, 7) is 0.527. The number of allylic oxidation sites excluding steroid dienone is 1. The summed E-state index contributed by atoms with van der Waals surface area (Å²) in [4.78, 5) is 29.0. The predicted octanol–water partition coefficient (Wildman–Crippen LogP) is 4.33. The maximum absolute atomic E-state index is 12.3. The van der Waals surface area contributed by atoms with E-state index >= 15 is 0 Å². The second-order valence-corrected chi connectivity index (χ2v) is 8.44. The molecule has 8 heteroatoms. The number of pyridine rings is 1. The van der Waals surface area contributed by atoms with Gasteiger partial charge in [0, 0.05) is 28.8 Å². The van der Waals surface area contributed by atoms with Gasteiger partial charge in [0.25, 0.3) is 11.4 Å². The van der Waals surface area contributed by atoms with Gasteiger partial charge in [-0.25, -0.2) is 0 Å². The van der Waals surface area contributed by atoms with Crippen LogP contribution in [0.25, 0.3) is 22.8 Å².